The Balaban J connectivity index is 2.81. The summed E-state index contributed by atoms with van der Waals surface area (Å²) in [7, 11) is 0. The summed E-state index contributed by atoms with van der Waals surface area (Å²) in [6, 6.07) is 7.78. The number of benzene rings is 1. The first kappa shape index (κ1) is 7.77. The second-order valence-electron chi connectivity index (χ2n) is 2.82. The maximum Gasteiger partial charge on any atom is 0.103 e. The van der Waals surface area contributed by atoms with E-state index in [0.29, 0.717) is 6.42 Å². The Hall–Kier alpha value is -0.860. The van der Waals surface area contributed by atoms with Crippen molar-refractivity contribution in [2.75, 3.05) is 0 Å². The Morgan fingerprint density at radius 3 is 3.00 bits per heavy atom. The van der Waals surface area contributed by atoms with E-state index in [9.17, 15) is 0 Å². The molecule has 0 bridgehead atoms. The molecule has 1 aliphatic rings. The van der Waals surface area contributed by atoms with Crippen LogP contribution in [0.1, 0.15) is 6.42 Å². The number of hydrogen-bond donors (Lipinski definition) is 1. The fourth-order valence-electron chi connectivity index (χ4n) is 1.33. The topological polar surface area (TPSA) is 38.4 Å². The van der Waals surface area contributed by atoms with Gasteiger partial charge in [0, 0.05) is 16.7 Å². The van der Waals surface area contributed by atoms with E-state index in [1.807, 2.05) is 24.3 Å². The summed E-state index contributed by atoms with van der Waals surface area (Å²) < 4.78 is 0. The van der Waals surface area contributed by atoms with Crippen LogP contribution in [0.15, 0.2) is 29.3 Å². The minimum absolute atomic E-state index is 0.174. The number of halogens is 1. The van der Waals surface area contributed by atoms with Gasteiger partial charge in [-0.25, -0.2) is 0 Å². The van der Waals surface area contributed by atoms with Crippen molar-refractivity contribution < 1.29 is 0 Å². The second kappa shape index (κ2) is 2.88. The number of fused-ring (bicyclic) bond motifs is 1. The van der Waals surface area contributed by atoms with Gasteiger partial charge in [0.05, 0.1) is 5.36 Å². The first-order valence-corrected chi connectivity index (χ1v) is 4.22. The summed E-state index contributed by atoms with van der Waals surface area (Å²) in [6.07, 6.45) is 0.478. The largest absolute Gasteiger partial charge is 0.309 e. The van der Waals surface area contributed by atoms with Crippen LogP contribution in [-0.2, 0) is 0 Å². The third-order valence-corrected chi connectivity index (χ3v) is 2.25. The van der Waals surface area contributed by atoms with Gasteiger partial charge in [0.25, 0.3) is 0 Å². The fraction of sp³-hybridized carbons (Fsp3) is 0.222. The molecule has 2 nitrogen and oxygen atoms in total. The van der Waals surface area contributed by atoms with Gasteiger partial charge >= 0.3 is 0 Å². The molecule has 0 saturated heterocycles. The molecular weight excluding hydrogens is 172 g/mol. The highest BCUT2D eigenvalue weighted by Crippen LogP contribution is 2.10. The summed E-state index contributed by atoms with van der Waals surface area (Å²) in [5.41, 5.74) is 5.67. The Kier molecular flexibility index (Phi) is 1.87. The van der Waals surface area contributed by atoms with Gasteiger partial charge in [-0.1, -0.05) is 29.8 Å². The average molecular weight is 181 g/mol. The molecule has 2 rings (SSSR count). The molecule has 0 aromatic heterocycles. The summed E-state index contributed by atoms with van der Waals surface area (Å²) in [6.45, 7) is 0. The molecule has 12 heavy (non-hydrogen) atoms. The molecule has 0 fully saturated rings. The van der Waals surface area contributed by atoms with Crippen molar-refractivity contribution in [1.82, 2.24) is 0 Å². The van der Waals surface area contributed by atoms with Crippen molar-refractivity contribution in [2.24, 2.45) is 10.7 Å². The molecule has 1 aliphatic heterocycles. The lowest BCUT2D eigenvalue weighted by Gasteiger charge is -2.10. The molecule has 1 atom stereocenters. The van der Waals surface area contributed by atoms with Gasteiger partial charge in [0.1, 0.15) is 6.17 Å². The summed E-state index contributed by atoms with van der Waals surface area (Å²) in [4.78, 5) is 4.27. The van der Waals surface area contributed by atoms with E-state index in [1.54, 1.807) is 0 Å². The molecule has 0 radical (unpaired) electrons. The van der Waals surface area contributed by atoms with Gasteiger partial charge in [0.2, 0.25) is 0 Å². The fourth-order valence-corrected chi connectivity index (χ4v) is 1.65. The van der Waals surface area contributed by atoms with Crippen molar-refractivity contribution in [2.45, 2.75) is 12.6 Å². The molecule has 1 heterocycles. The van der Waals surface area contributed by atoms with Crippen LogP contribution in [0.4, 0.5) is 0 Å². The molecule has 0 saturated carbocycles. The zero-order chi connectivity index (χ0) is 8.55. The van der Waals surface area contributed by atoms with Crippen molar-refractivity contribution in [3.63, 3.8) is 0 Å². The van der Waals surface area contributed by atoms with E-state index in [1.165, 1.54) is 0 Å². The second-order valence-corrected chi connectivity index (χ2v) is 3.28. The van der Waals surface area contributed by atoms with Crippen LogP contribution in [0.3, 0.4) is 0 Å². The van der Waals surface area contributed by atoms with Crippen LogP contribution in [0.25, 0.3) is 5.03 Å². The highest BCUT2D eigenvalue weighted by Gasteiger charge is 2.08. The molecule has 3 heteroatoms. The zero-order valence-electron chi connectivity index (χ0n) is 6.50. The third-order valence-electron chi connectivity index (χ3n) is 1.89. The Labute approximate surface area is 75.4 Å². The van der Waals surface area contributed by atoms with Crippen molar-refractivity contribution in [3.05, 3.63) is 34.8 Å². The predicted octanol–water partition coefficient (Wildman–Crippen LogP) is 0.342. The number of para-hydroxylation sites is 1. The van der Waals surface area contributed by atoms with E-state index in [2.05, 4.69) is 4.99 Å². The zero-order valence-corrected chi connectivity index (χ0v) is 7.25. The van der Waals surface area contributed by atoms with E-state index in [4.69, 9.17) is 17.3 Å². The van der Waals surface area contributed by atoms with Crippen molar-refractivity contribution >= 4 is 16.6 Å². The molecule has 1 aromatic carbocycles. The van der Waals surface area contributed by atoms with E-state index >= 15 is 0 Å². The normalized spacial score (nSPS) is 21.5. The first-order chi connectivity index (χ1) is 5.77. The standard InChI is InChI=1S/C9H9ClN2/c10-7-5-9(11)12-8-4-2-1-3-6(7)8/h1-4,9H,5,11H2. The molecule has 0 amide bonds. The lowest BCUT2D eigenvalue weighted by molar-refractivity contribution is 0.700. The third kappa shape index (κ3) is 1.24. The SMILES string of the molecule is NC1CC(Cl)=c2ccccc2=N1. The molecule has 62 valence electrons. The quantitative estimate of drug-likeness (QED) is 0.615. The van der Waals surface area contributed by atoms with Crippen LogP contribution in [0, 0.1) is 0 Å². The van der Waals surface area contributed by atoms with Crippen LogP contribution in [0.2, 0.25) is 0 Å². The predicted molar refractivity (Wildman–Crippen MR) is 49.1 cm³/mol. The average Bonchev–Trinajstić information content (AvgIpc) is 2.04. The van der Waals surface area contributed by atoms with Gasteiger partial charge in [-0.3, -0.25) is 4.99 Å². The molecule has 2 N–H and O–H groups in total. The van der Waals surface area contributed by atoms with Crippen molar-refractivity contribution in [3.8, 4) is 0 Å². The molecule has 0 spiro atoms. The number of rotatable bonds is 0. The van der Waals surface area contributed by atoms with Crippen LogP contribution in [-0.4, -0.2) is 6.17 Å². The van der Waals surface area contributed by atoms with Gasteiger partial charge in [-0.15, -0.1) is 0 Å². The molecule has 1 aromatic rings. The minimum Gasteiger partial charge on any atom is -0.309 e. The molecule has 1 unspecified atom stereocenters. The lowest BCUT2D eigenvalue weighted by Crippen LogP contribution is -2.35. The van der Waals surface area contributed by atoms with E-state index < -0.39 is 0 Å². The Bertz CT molecular complexity index is 411. The van der Waals surface area contributed by atoms with Crippen LogP contribution >= 0.6 is 11.6 Å². The Morgan fingerprint density at radius 2 is 2.17 bits per heavy atom. The minimum atomic E-state index is -0.174. The van der Waals surface area contributed by atoms with Crippen LogP contribution < -0.4 is 16.3 Å². The summed E-state index contributed by atoms with van der Waals surface area (Å²) in [5.74, 6) is 0. The first-order valence-electron chi connectivity index (χ1n) is 3.84. The van der Waals surface area contributed by atoms with Gasteiger partial charge in [-0.05, 0) is 6.07 Å². The van der Waals surface area contributed by atoms with Gasteiger partial charge in [-0.2, -0.15) is 0 Å². The van der Waals surface area contributed by atoms with Crippen molar-refractivity contribution in [1.29, 1.82) is 0 Å². The molecular formula is C9H9ClN2. The monoisotopic (exact) mass is 180 g/mol. The summed E-state index contributed by atoms with van der Waals surface area (Å²) >= 11 is 6.02. The maximum atomic E-state index is 6.02. The van der Waals surface area contributed by atoms with Gasteiger partial charge < -0.3 is 5.73 Å². The number of hydrogen-bond acceptors (Lipinski definition) is 2. The van der Waals surface area contributed by atoms with E-state index in [0.717, 1.165) is 15.6 Å². The highest BCUT2D eigenvalue weighted by atomic mass is 35.5. The van der Waals surface area contributed by atoms with Gasteiger partial charge in [0.15, 0.2) is 0 Å². The molecule has 0 aliphatic carbocycles. The lowest BCUT2D eigenvalue weighted by atomic mass is 10.2. The summed E-state index contributed by atoms with van der Waals surface area (Å²) in [5, 5.41) is 2.73. The highest BCUT2D eigenvalue weighted by molar-refractivity contribution is 6.45. The van der Waals surface area contributed by atoms with E-state index in [-0.39, 0.29) is 6.17 Å². The van der Waals surface area contributed by atoms with Crippen LogP contribution in [0.5, 0.6) is 0 Å². The smallest absolute Gasteiger partial charge is 0.103 e. The number of nitrogens with zero attached hydrogens (tertiary/aromatic N) is 1. The Morgan fingerprint density at radius 1 is 1.42 bits per heavy atom. The number of nitrogens with two attached hydrogens (primary N) is 1. The maximum absolute atomic E-state index is 6.02.